The summed E-state index contributed by atoms with van der Waals surface area (Å²) in [6.07, 6.45) is 0. The van der Waals surface area contributed by atoms with Gasteiger partial charge >= 0.3 is 0 Å². The number of pyridine rings is 1. The summed E-state index contributed by atoms with van der Waals surface area (Å²) in [7, 11) is 0. The lowest BCUT2D eigenvalue weighted by molar-refractivity contribution is 0.103. The molecule has 1 aliphatic heterocycles. The second-order valence-corrected chi connectivity index (χ2v) is 6.22. The van der Waals surface area contributed by atoms with Gasteiger partial charge in [0.25, 0.3) is 0 Å². The number of carbonyl (C=O) groups is 1. The standard InChI is InChI=1S/C19H17N3O2/c1-19(2)12-24-18(22-19)14(11-20)15-9-6-10-16(21-15)17(23)13-7-4-3-5-8-13/h3-10,22H,12H2,1-2H3/b18-14-. The fourth-order valence-electron chi connectivity index (χ4n) is 2.43. The minimum atomic E-state index is -0.241. The first kappa shape index (κ1) is 15.8. The molecule has 1 aliphatic rings. The average molecular weight is 319 g/mol. The van der Waals surface area contributed by atoms with Crippen LogP contribution in [0.2, 0.25) is 0 Å². The van der Waals surface area contributed by atoms with E-state index in [-0.39, 0.29) is 11.3 Å². The third-order valence-electron chi connectivity index (χ3n) is 3.64. The van der Waals surface area contributed by atoms with E-state index >= 15 is 0 Å². The van der Waals surface area contributed by atoms with Gasteiger partial charge < -0.3 is 10.1 Å². The van der Waals surface area contributed by atoms with Crippen LogP contribution < -0.4 is 5.32 Å². The van der Waals surface area contributed by atoms with Gasteiger partial charge in [0.2, 0.25) is 11.7 Å². The molecule has 5 heteroatoms. The van der Waals surface area contributed by atoms with E-state index in [1.165, 1.54) is 0 Å². The third kappa shape index (κ3) is 3.13. The normalized spacial score (nSPS) is 17.4. The maximum absolute atomic E-state index is 12.5. The maximum atomic E-state index is 12.5. The van der Waals surface area contributed by atoms with Gasteiger partial charge in [-0.2, -0.15) is 5.26 Å². The van der Waals surface area contributed by atoms with Crippen LogP contribution in [0.4, 0.5) is 0 Å². The van der Waals surface area contributed by atoms with Crippen molar-refractivity contribution in [2.45, 2.75) is 19.4 Å². The largest absolute Gasteiger partial charge is 0.476 e. The lowest BCUT2D eigenvalue weighted by atomic mass is 10.1. The van der Waals surface area contributed by atoms with Crippen molar-refractivity contribution >= 4 is 11.4 Å². The fourth-order valence-corrected chi connectivity index (χ4v) is 2.43. The van der Waals surface area contributed by atoms with E-state index in [1.807, 2.05) is 19.9 Å². The molecule has 0 aliphatic carbocycles. The number of ether oxygens (including phenoxy) is 1. The van der Waals surface area contributed by atoms with Crippen LogP contribution in [0, 0.1) is 11.3 Å². The van der Waals surface area contributed by atoms with Gasteiger partial charge in [0, 0.05) is 5.56 Å². The second kappa shape index (κ2) is 6.17. The van der Waals surface area contributed by atoms with Crippen LogP contribution in [-0.2, 0) is 4.74 Å². The summed E-state index contributed by atoms with van der Waals surface area (Å²) in [6, 6.07) is 16.1. The molecule has 1 fully saturated rings. The van der Waals surface area contributed by atoms with Gasteiger partial charge in [0.15, 0.2) is 0 Å². The number of allylic oxidation sites excluding steroid dienone is 1. The number of aromatic nitrogens is 1. The number of ketones is 1. The zero-order valence-corrected chi connectivity index (χ0v) is 13.5. The summed E-state index contributed by atoms with van der Waals surface area (Å²) < 4.78 is 5.58. The van der Waals surface area contributed by atoms with Gasteiger partial charge in [-0.05, 0) is 26.0 Å². The molecule has 1 N–H and O–H groups in total. The van der Waals surface area contributed by atoms with E-state index in [2.05, 4.69) is 16.4 Å². The summed E-state index contributed by atoms with van der Waals surface area (Å²) in [6.45, 7) is 4.44. The minimum absolute atomic E-state index is 0.180. The molecule has 0 spiro atoms. The van der Waals surface area contributed by atoms with Gasteiger partial charge in [-0.1, -0.05) is 36.4 Å². The molecule has 5 nitrogen and oxygen atoms in total. The van der Waals surface area contributed by atoms with Crippen LogP contribution in [0.25, 0.3) is 5.57 Å². The molecule has 0 unspecified atom stereocenters. The molecule has 1 aromatic carbocycles. The number of nitrogens with one attached hydrogen (secondary N) is 1. The highest BCUT2D eigenvalue weighted by atomic mass is 16.5. The maximum Gasteiger partial charge on any atom is 0.211 e. The molecule has 2 heterocycles. The van der Waals surface area contributed by atoms with Crippen molar-refractivity contribution in [1.29, 1.82) is 5.26 Å². The zero-order chi connectivity index (χ0) is 17.2. The zero-order valence-electron chi connectivity index (χ0n) is 13.5. The van der Waals surface area contributed by atoms with Crippen molar-refractivity contribution in [2.75, 3.05) is 6.61 Å². The Morgan fingerprint density at radius 1 is 1.17 bits per heavy atom. The lowest BCUT2D eigenvalue weighted by Crippen LogP contribution is -2.34. The smallest absolute Gasteiger partial charge is 0.211 e. The van der Waals surface area contributed by atoms with Gasteiger partial charge in [0.1, 0.15) is 23.9 Å². The van der Waals surface area contributed by atoms with Gasteiger partial charge in [-0.25, -0.2) is 4.98 Å². The van der Waals surface area contributed by atoms with Crippen LogP contribution in [0.1, 0.15) is 35.6 Å². The van der Waals surface area contributed by atoms with E-state index in [4.69, 9.17) is 4.74 Å². The number of hydrogen-bond acceptors (Lipinski definition) is 5. The number of nitriles is 1. The van der Waals surface area contributed by atoms with Gasteiger partial charge in [-0.15, -0.1) is 0 Å². The monoisotopic (exact) mass is 319 g/mol. The van der Waals surface area contributed by atoms with E-state index < -0.39 is 0 Å². The summed E-state index contributed by atoms with van der Waals surface area (Å²) in [4.78, 5) is 16.9. The molecule has 120 valence electrons. The van der Waals surface area contributed by atoms with Gasteiger partial charge in [0.05, 0.1) is 11.2 Å². The first-order valence-corrected chi connectivity index (χ1v) is 7.63. The predicted octanol–water partition coefficient (Wildman–Crippen LogP) is 2.90. The molecule has 1 aromatic heterocycles. The molecule has 2 aromatic rings. The molecule has 0 amide bonds. The highest BCUT2D eigenvalue weighted by molar-refractivity contribution is 6.07. The van der Waals surface area contributed by atoms with Crippen molar-refractivity contribution in [2.24, 2.45) is 0 Å². The lowest BCUT2D eigenvalue weighted by Gasteiger charge is -2.13. The predicted molar refractivity (Wildman–Crippen MR) is 89.8 cm³/mol. The Hall–Kier alpha value is -3.13. The molecule has 0 saturated carbocycles. The number of rotatable bonds is 3. The molecule has 0 atom stereocenters. The Kier molecular flexibility index (Phi) is 4.05. The quantitative estimate of drug-likeness (QED) is 0.695. The SMILES string of the molecule is CC1(C)CO/C(=C(/C#N)c2cccc(C(=O)c3ccccc3)n2)N1. The molecule has 0 bridgehead atoms. The first-order chi connectivity index (χ1) is 11.5. The summed E-state index contributed by atoms with van der Waals surface area (Å²) in [5, 5.41) is 12.7. The summed E-state index contributed by atoms with van der Waals surface area (Å²) >= 11 is 0. The van der Waals surface area contributed by atoms with Crippen LogP contribution in [0.3, 0.4) is 0 Å². The Labute approximate surface area is 140 Å². The van der Waals surface area contributed by atoms with E-state index in [0.717, 1.165) is 0 Å². The molecular weight excluding hydrogens is 302 g/mol. The van der Waals surface area contributed by atoms with Crippen LogP contribution in [0.15, 0.2) is 54.4 Å². The molecule has 3 rings (SSSR count). The van der Waals surface area contributed by atoms with Crippen molar-refractivity contribution < 1.29 is 9.53 Å². The van der Waals surface area contributed by atoms with E-state index in [1.54, 1.807) is 42.5 Å². The van der Waals surface area contributed by atoms with Crippen LogP contribution in [0.5, 0.6) is 0 Å². The topological polar surface area (TPSA) is 75.0 Å². The molecule has 1 saturated heterocycles. The second-order valence-electron chi connectivity index (χ2n) is 6.22. The number of hydrogen-bond donors (Lipinski definition) is 1. The average Bonchev–Trinajstić information content (AvgIpc) is 2.95. The van der Waals surface area contributed by atoms with E-state index in [9.17, 15) is 10.1 Å². The molecule has 0 radical (unpaired) electrons. The van der Waals surface area contributed by atoms with Crippen molar-refractivity contribution in [3.8, 4) is 6.07 Å². The van der Waals surface area contributed by atoms with E-state index in [0.29, 0.717) is 35.0 Å². The summed E-state index contributed by atoms with van der Waals surface area (Å²) in [5.74, 6) is 0.222. The minimum Gasteiger partial charge on any atom is -0.476 e. The highest BCUT2D eigenvalue weighted by Crippen LogP contribution is 2.24. The molecule has 24 heavy (non-hydrogen) atoms. The van der Waals surface area contributed by atoms with Crippen LogP contribution >= 0.6 is 0 Å². The number of benzene rings is 1. The van der Waals surface area contributed by atoms with Crippen molar-refractivity contribution in [3.05, 3.63) is 71.4 Å². The Bertz CT molecular complexity index is 848. The third-order valence-corrected chi connectivity index (χ3v) is 3.64. The fraction of sp³-hybridized carbons (Fsp3) is 0.211. The highest BCUT2D eigenvalue weighted by Gasteiger charge is 2.30. The Morgan fingerprint density at radius 2 is 1.88 bits per heavy atom. The van der Waals surface area contributed by atoms with Gasteiger partial charge in [-0.3, -0.25) is 4.79 Å². The molecular formula is C19H17N3O2. The Morgan fingerprint density at radius 3 is 2.50 bits per heavy atom. The van der Waals surface area contributed by atoms with Crippen LogP contribution in [-0.4, -0.2) is 22.9 Å². The number of carbonyl (C=O) groups excluding carboxylic acids is 1. The van der Waals surface area contributed by atoms with Crippen molar-refractivity contribution in [1.82, 2.24) is 10.3 Å². The Balaban J connectivity index is 1.98. The van der Waals surface area contributed by atoms with Crippen molar-refractivity contribution in [3.63, 3.8) is 0 Å². The summed E-state index contributed by atoms with van der Waals surface area (Å²) in [5.41, 5.74) is 1.33. The number of nitrogens with zero attached hydrogens (tertiary/aromatic N) is 2. The first-order valence-electron chi connectivity index (χ1n) is 7.63.